The Hall–Kier alpha value is -2.29. The van der Waals surface area contributed by atoms with E-state index in [1.807, 2.05) is 48.5 Å². The Bertz CT molecular complexity index is 597. The van der Waals surface area contributed by atoms with Crippen molar-refractivity contribution >= 4 is 17.3 Å². The molecular formula is C19H22N2O. The normalized spacial score (nSPS) is 21.1. The van der Waals surface area contributed by atoms with Gasteiger partial charge in [-0.05, 0) is 37.1 Å². The van der Waals surface area contributed by atoms with Crippen LogP contribution in [0.15, 0.2) is 60.7 Å². The summed E-state index contributed by atoms with van der Waals surface area (Å²) in [6.07, 6.45) is 4.30. The van der Waals surface area contributed by atoms with Gasteiger partial charge < -0.3 is 10.6 Å². The van der Waals surface area contributed by atoms with Crippen molar-refractivity contribution in [2.75, 3.05) is 10.6 Å². The SMILES string of the molecule is O=C(Nc1ccccc1)C1CCCCC1Nc1ccccc1. The summed E-state index contributed by atoms with van der Waals surface area (Å²) in [5, 5.41) is 6.59. The zero-order valence-corrected chi connectivity index (χ0v) is 12.7. The first-order valence-corrected chi connectivity index (χ1v) is 8.00. The predicted octanol–water partition coefficient (Wildman–Crippen LogP) is 4.30. The van der Waals surface area contributed by atoms with Crippen molar-refractivity contribution < 1.29 is 4.79 Å². The van der Waals surface area contributed by atoms with Crippen LogP contribution >= 0.6 is 0 Å². The molecule has 2 atom stereocenters. The van der Waals surface area contributed by atoms with Crippen LogP contribution in [0.4, 0.5) is 11.4 Å². The molecule has 3 nitrogen and oxygen atoms in total. The molecule has 1 aliphatic rings. The molecular weight excluding hydrogens is 272 g/mol. The van der Waals surface area contributed by atoms with Crippen LogP contribution in [0.2, 0.25) is 0 Å². The summed E-state index contributed by atoms with van der Waals surface area (Å²) >= 11 is 0. The number of nitrogens with one attached hydrogen (secondary N) is 2. The number of carbonyl (C=O) groups excluding carboxylic acids is 1. The molecule has 0 radical (unpaired) electrons. The van der Waals surface area contributed by atoms with Gasteiger partial charge in [0.05, 0.1) is 5.92 Å². The molecule has 22 heavy (non-hydrogen) atoms. The third-order valence-corrected chi connectivity index (χ3v) is 4.27. The fraction of sp³-hybridized carbons (Fsp3) is 0.316. The maximum atomic E-state index is 12.6. The van der Waals surface area contributed by atoms with E-state index in [1.165, 1.54) is 6.42 Å². The van der Waals surface area contributed by atoms with Crippen molar-refractivity contribution in [3.63, 3.8) is 0 Å². The van der Waals surface area contributed by atoms with Gasteiger partial charge in [-0.15, -0.1) is 0 Å². The fourth-order valence-electron chi connectivity index (χ4n) is 3.12. The lowest BCUT2D eigenvalue weighted by Gasteiger charge is -2.32. The molecule has 0 bridgehead atoms. The largest absolute Gasteiger partial charge is 0.382 e. The molecule has 0 heterocycles. The highest BCUT2D eigenvalue weighted by Gasteiger charge is 2.30. The Morgan fingerprint density at radius 3 is 2.09 bits per heavy atom. The van der Waals surface area contributed by atoms with Crippen molar-refractivity contribution in [1.82, 2.24) is 0 Å². The van der Waals surface area contributed by atoms with E-state index in [2.05, 4.69) is 22.8 Å². The molecule has 2 unspecified atom stereocenters. The van der Waals surface area contributed by atoms with Gasteiger partial charge in [-0.2, -0.15) is 0 Å². The second-order valence-corrected chi connectivity index (χ2v) is 5.86. The minimum absolute atomic E-state index is 0.0224. The van der Waals surface area contributed by atoms with E-state index in [-0.39, 0.29) is 17.9 Å². The van der Waals surface area contributed by atoms with E-state index in [0.29, 0.717) is 0 Å². The minimum Gasteiger partial charge on any atom is -0.382 e. The highest BCUT2D eigenvalue weighted by atomic mass is 16.1. The Morgan fingerprint density at radius 1 is 0.818 bits per heavy atom. The monoisotopic (exact) mass is 294 g/mol. The third kappa shape index (κ3) is 3.67. The van der Waals surface area contributed by atoms with Gasteiger partial charge in [0.1, 0.15) is 0 Å². The summed E-state index contributed by atoms with van der Waals surface area (Å²) in [6, 6.07) is 20.1. The summed E-state index contributed by atoms with van der Waals surface area (Å²) in [7, 11) is 0. The van der Waals surface area contributed by atoms with Crippen molar-refractivity contribution in [3.05, 3.63) is 60.7 Å². The molecule has 0 aliphatic heterocycles. The summed E-state index contributed by atoms with van der Waals surface area (Å²) in [5.41, 5.74) is 1.96. The van der Waals surface area contributed by atoms with Crippen LogP contribution < -0.4 is 10.6 Å². The smallest absolute Gasteiger partial charge is 0.229 e. The second kappa shape index (κ2) is 7.12. The van der Waals surface area contributed by atoms with Gasteiger partial charge in [0.15, 0.2) is 0 Å². The molecule has 0 saturated heterocycles. The van der Waals surface area contributed by atoms with E-state index in [9.17, 15) is 4.79 Å². The van der Waals surface area contributed by atoms with Crippen molar-refractivity contribution in [2.45, 2.75) is 31.7 Å². The molecule has 1 saturated carbocycles. The van der Waals surface area contributed by atoms with Crippen molar-refractivity contribution in [1.29, 1.82) is 0 Å². The molecule has 1 aliphatic carbocycles. The average molecular weight is 294 g/mol. The van der Waals surface area contributed by atoms with Crippen LogP contribution in [0, 0.1) is 5.92 Å². The van der Waals surface area contributed by atoms with Crippen LogP contribution in [0.3, 0.4) is 0 Å². The van der Waals surface area contributed by atoms with E-state index in [1.54, 1.807) is 0 Å². The van der Waals surface area contributed by atoms with Crippen LogP contribution in [0.5, 0.6) is 0 Å². The summed E-state index contributed by atoms with van der Waals surface area (Å²) in [6.45, 7) is 0. The van der Waals surface area contributed by atoms with Gasteiger partial charge in [0.2, 0.25) is 5.91 Å². The highest BCUT2D eigenvalue weighted by Crippen LogP contribution is 2.28. The maximum Gasteiger partial charge on any atom is 0.229 e. The number of carbonyl (C=O) groups is 1. The Labute approximate surface area is 131 Å². The highest BCUT2D eigenvalue weighted by molar-refractivity contribution is 5.93. The van der Waals surface area contributed by atoms with E-state index in [0.717, 1.165) is 30.6 Å². The Kier molecular flexibility index (Phi) is 4.74. The number of hydrogen-bond donors (Lipinski definition) is 2. The number of para-hydroxylation sites is 2. The number of benzene rings is 2. The molecule has 2 aromatic carbocycles. The minimum atomic E-state index is 0.0224. The maximum absolute atomic E-state index is 12.6. The van der Waals surface area contributed by atoms with E-state index < -0.39 is 0 Å². The van der Waals surface area contributed by atoms with Crippen LogP contribution in [-0.2, 0) is 4.79 Å². The van der Waals surface area contributed by atoms with Gasteiger partial charge in [-0.3, -0.25) is 4.79 Å². The van der Waals surface area contributed by atoms with Gasteiger partial charge in [0.25, 0.3) is 0 Å². The quantitative estimate of drug-likeness (QED) is 0.883. The van der Waals surface area contributed by atoms with Crippen molar-refractivity contribution in [3.8, 4) is 0 Å². The number of amides is 1. The zero-order chi connectivity index (χ0) is 15.2. The first-order chi connectivity index (χ1) is 10.8. The van der Waals surface area contributed by atoms with E-state index in [4.69, 9.17) is 0 Å². The van der Waals surface area contributed by atoms with Gasteiger partial charge in [-0.25, -0.2) is 0 Å². The third-order valence-electron chi connectivity index (χ3n) is 4.27. The van der Waals surface area contributed by atoms with Crippen LogP contribution in [-0.4, -0.2) is 11.9 Å². The lowest BCUT2D eigenvalue weighted by molar-refractivity contribution is -0.121. The van der Waals surface area contributed by atoms with Gasteiger partial charge >= 0.3 is 0 Å². The molecule has 2 aromatic rings. The fourth-order valence-corrected chi connectivity index (χ4v) is 3.12. The predicted molar refractivity (Wildman–Crippen MR) is 90.9 cm³/mol. The van der Waals surface area contributed by atoms with Crippen molar-refractivity contribution in [2.24, 2.45) is 5.92 Å². The molecule has 3 rings (SSSR count). The molecule has 0 aromatic heterocycles. The standard InChI is InChI=1S/C19H22N2O/c22-19(21-16-11-5-2-6-12-16)17-13-7-8-14-18(17)20-15-9-3-1-4-10-15/h1-6,9-12,17-18,20H,7-8,13-14H2,(H,21,22). The first kappa shape index (κ1) is 14.6. The lowest BCUT2D eigenvalue weighted by Crippen LogP contribution is -2.40. The molecule has 0 spiro atoms. The van der Waals surface area contributed by atoms with Crippen LogP contribution in [0.25, 0.3) is 0 Å². The number of anilines is 2. The van der Waals surface area contributed by atoms with E-state index >= 15 is 0 Å². The van der Waals surface area contributed by atoms with Gasteiger partial charge in [-0.1, -0.05) is 49.2 Å². The summed E-state index contributed by atoms with van der Waals surface area (Å²) in [4.78, 5) is 12.6. The first-order valence-electron chi connectivity index (χ1n) is 8.00. The Morgan fingerprint density at radius 2 is 1.41 bits per heavy atom. The molecule has 1 amide bonds. The lowest BCUT2D eigenvalue weighted by atomic mass is 9.83. The Balaban J connectivity index is 1.68. The topological polar surface area (TPSA) is 41.1 Å². The summed E-state index contributed by atoms with van der Waals surface area (Å²) < 4.78 is 0. The molecule has 3 heteroatoms. The second-order valence-electron chi connectivity index (χ2n) is 5.86. The molecule has 114 valence electrons. The number of hydrogen-bond acceptors (Lipinski definition) is 2. The molecule has 2 N–H and O–H groups in total. The molecule has 1 fully saturated rings. The average Bonchev–Trinajstić information content (AvgIpc) is 2.57. The van der Waals surface area contributed by atoms with Gasteiger partial charge in [0, 0.05) is 17.4 Å². The zero-order valence-electron chi connectivity index (χ0n) is 12.7. The number of rotatable bonds is 4. The summed E-state index contributed by atoms with van der Waals surface area (Å²) in [5.74, 6) is 0.147. The van der Waals surface area contributed by atoms with Crippen LogP contribution in [0.1, 0.15) is 25.7 Å².